The van der Waals surface area contributed by atoms with Crippen molar-refractivity contribution in [1.82, 2.24) is 9.59 Å². The molecule has 2 aromatic rings. The minimum Gasteiger partial charge on any atom is -0.137 e. The van der Waals surface area contributed by atoms with E-state index in [-0.39, 0.29) is 0 Å². The third-order valence-corrected chi connectivity index (χ3v) is 4.19. The summed E-state index contributed by atoms with van der Waals surface area (Å²) < 4.78 is 4.97. The van der Waals surface area contributed by atoms with Gasteiger partial charge in [-0.1, -0.05) is 27.7 Å². The van der Waals surface area contributed by atoms with E-state index in [2.05, 4.69) is 9.59 Å². The molecule has 0 spiro atoms. The molecule has 0 N–H and O–H groups in total. The molecule has 0 radical (unpaired) electrons. The molecule has 2 nitrogen and oxygen atoms in total. The summed E-state index contributed by atoms with van der Waals surface area (Å²) in [5.74, 6) is 0. The summed E-state index contributed by atoms with van der Waals surface area (Å²) >= 11 is 14.9. The van der Waals surface area contributed by atoms with Crippen molar-refractivity contribution in [2.24, 2.45) is 0 Å². The predicted molar refractivity (Wildman–Crippen MR) is 67.1 cm³/mol. The number of rotatable bonds is 2. The number of nitrogens with zero attached hydrogens (tertiary/aromatic N) is 2. The van der Waals surface area contributed by atoms with Gasteiger partial charge in [-0.2, -0.15) is 0 Å². The molecular formula is C9H6Cl2N2S2. The number of halogens is 2. The zero-order valence-electron chi connectivity index (χ0n) is 7.70. The highest BCUT2D eigenvalue weighted by molar-refractivity contribution is 8.00. The average molecular weight is 277 g/mol. The standard InChI is InChI=1S/C9H6Cl2N2S2/c1-14-9-8(12-13-15-9)6-3-2-5(10)4-7(6)11/h2-4H,1H3. The van der Waals surface area contributed by atoms with Crippen molar-refractivity contribution in [1.29, 1.82) is 0 Å². The van der Waals surface area contributed by atoms with Crippen LogP contribution in [0.4, 0.5) is 0 Å². The van der Waals surface area contributed by atoms with Crippen molar-refractivity contribution in [3.63, 3.8) is 0 Å². The fourth-order valence-corrected chi connectivity index (χ4v) is 2.84. The Bertz CT molecular complexity index is 485. The van der Waals surface area contributed by atoms with Crippen LogP contribution in [0, 0.1) is 0 Å². The first kappa shape index (κ1) is 11.2. The van der Waals surface area contributed by atoms with E-state index in [1.54, 1.807) is 23.9 Å². The topological polar surface area (TPSA) is 25.8 Å². The Labute approximate surface area is 106 Å². The lowest BCUT2D eigenvalue weighted by Gasteiger charge is -2.02. The molecule has 0 atom stereocenters. The highest BCUT2D eigenvalue weighted by Gasteiger charge is 2.12. The van der Waals surface area contributed by atoms with Gasteiger partial charge in [-0.05, 0) is 36.0 Å². The van der Waals surface area contributed by atoms with Crippen LogP contribution in [0.15, 0.2) is 22.4 Å². The van der Waals surface area contributed by atoms with Crippen LogP contribution in [0.2, 0.25) is 10.0 Å². The van der Waals surface area contributed by atoms with Gasteiger partial charge in [-0.15, -0.1) is 16.9 Å². The van der Waals surface area contributed by atoms with E-state index in [0.29, 0.717) is 10.0 Å². The summed E-state index contributed by atoms with van der Waals surface area (Å²) in [6, 6.07) is 5.37. The van der Waals surface area contributed by atoms with Crippen molar-refractivity contribution in [2.45, 2.75) is 4.21 Å². The third kappa shape index (κ3) is 2.28. The predicted octanol–water partition coefficient (Wildman–Crippen LogP) is 4.23. The van der Waals surface area contributed by atoms with Gasteiger partial charge in [0, 0.05) is 10.6 Å². The van der Waals surface area contributed by atoms with Gasteiger partial charge in [0.1, 0.15) is 9.90 Å². The average Bonchev–Trinajstić information content (AvgIpc) is 2.65. The summed E-state index contributed by atoms with van der Waals surface area (Å²) in [6.07, 6.45) is 1.99. The lowest BCUT2D eigenvalue weighted by molar-refractivity contribution is 1.15. The highest BCUT2D eigenvalue weighted by Crippen LogP contribution is 2.36. The second-order valence-electron chi connectivity index (χ2n) is 2.74. The van der Waals surface area contributed by atoms with E-state index in [9.17, 15) is 0 Å². The SMILES string of the molecule is CSc1snnc1-c1ccc(Cl)cc1Cl. The molecule has 0 aliphatic rings. The maximum absolute atomic E-state index is 6.09. The number of thioether (sulfide) groups is 1. The molecule has 0 saturated heterocycles. The lowest BCUT2D eigenvalue weighted by Crippen LogP contribution is -1.82. The zero-order chi connectivity index (χ0) is 10.8. The van der Waals surface area contributed by atoms with Crippen molar-refractivity contribution >= 4 is 46.5 Å². The first-order valence-corrected chi connectivity index (χ1v) is 6.79. The van der Waals surface area contributed by atoms with E-state index in [1.165, 1.54) is 11.5 Å². The molecule has 0 aliphatic heterocycles. The molecule has 1 heterocycles. The Balaban J connectivity index is 2.54. The molecule has 0 amide bonds. The second kappa shape index (κ2) is 4.70. The number of hydrogen-bond acceptors (Lipinski definition) is 4. The molecule has 6 heteroatoms. The maximum Gasteiger partial charge on any atom is 0.121 e. The largest absolute Gasteiger partial charge is 0.137 e. The van der Waals surface area contributed by atoms with Crippen LogP contribution >= 0.6 is 46.5 Å². The van der Waals surface area contributed by atoms with Gasteiger partial charge in [-0.3, -0.25) is 0 Å². The van der Waals surface area contributed by atoms with E-state index in [0.717, 1.165) is 15.5 Å². The lowest BCUT2D eigenvalue weighted by atomic mass is 10.2. The Morgan fingerprint density at radius 3 is 2.80 bits per heavy atom. The molecule has 15 heavy (non-hydrogen) atoms. The van der Waals surface area contributed by atoms with Crippen LogP contribution in [0.1, 0.15) is 0 Å². The molecule has 0 fully saturated rings. The normalized spacial score (nSPS) is 10.6. The van der Waals surface area contributed by atoms with Gasteiger partial charge in [-0.25, -0.2) is 0 Å². The fraction of sp³-hybridized carbons (Fsp3) is 0.111. The quantitative estimate of drug-likeness (QED) is 0.768. The zero-order valence-corrected chi connectivity index (χ0v) is 10.8. The molecular weight excluding hydrogens is 271 g/mol. The molecule has 0 saturated carbocycles. The monoisotopic (exact) mass is 276 g/mol. The van der Waals surface area contributed by atoms with Gasteiger partial charge in [0.2, 0.25) is 0 Å². The number of hydrogen-bond donors (Lipinski definition) is 0. The highest BCUT2D eigenvalue weighted by atomic mass is 35.5. The number of aromatic nitrogens is 2. The van der Waals surface area contributed by atoms with Crippen LogP contribution in [-0.2, 0) is 0 Å². The van der Waals surface area contributed by atoms with E-state index in [4.69, 9.17) is 23.2 Å². The molecule has 0 unspecified atom stereocenters. The Morgan fingerprint density at radius 1 is 1.33 bits per heavy atom. The van der Waals surface area contributed by atoms with Crippen molar-refractivity contribution < 1.29 is 0 Å². The summed E-state index contributed by atoms with van der Waals surface area (Å²) in [5, 5.41) is 5.29. The Morgan fingerprint density at radius 2 is 2.13 bits per heavy atom. The Hall–Kier alpha value is -0.290. The first-order valence-electron chi connectivity index (χ1n) is 4.04. The van der Waals surface area contributed by atoms with Gasteiger partial charge >= 0.3 is 0 Å². The van der Waals surface area contributed by atoms with E-state index in [1.807, 2.05) is 12.3 Å². The summed E-state index contributed by atoms with van der Waals surface area (Å²) in [4.78, 5) is 0. The van der Waals surface area contributed by atoms with Crippen LogP contribution < -0.4 is 0 Å². The van der Waals surface area contributed by atoms with Crippen LogP contribution in [0.5, 0.6) is 0 Å². The smallest absolute Gasteiger partial charge is 0.121 e. The Kier molecular flexibility index (Phi) is 3.51. The van der Waals surface area contributed by atoms with Gasteiger partial charge in [0.15, 0.2) is 0 Å². The van der Waals surface area contributed by atoms with Crippen molar-refractivity contribution in [3.8, 4) is 11.3 Å². The van der Waals surface area contributed by atoms with Gasteiger partial charge in [0.25, 0.3) is 0 Å². The third-order valence-electron chi connectivity index (χ3n) is 1.83. The number of benzene rings is 1. The summed E-state index contributed by atoms with van der Waals surface area (Å²) in [5.41, 5.74) is 1.70. The molecule has 1 aromatic heterocycles. The van der Waals surface area contributed by atoms with E-state index < -0.39 is 0 Å². The minimum absolute atomic E-state index is 0.602. The van der Waals surface area contributed by atoms with Gasteiger partial charge in [0.05, 0.1) is 5.02 Å². The summed E-state index contributed by atoms with van der Waals surface area (Å²) in [6.45, 7) is 0. The van der Waals surface area contributed by atoms with Crippen LogP contribution in [0.25, 0.3) is 11.3 Å². The van der Waals surface area contributed by atoms with Gasteiger partial charge < -0.3 is 0 Å². The summed E-state index contributed by atoms with van der Waals surface area (Å²) in [7, 11) is 0. The molecule has 0 aliphatic carbocycles. The van der Waals surface area contributed by atoms with Crippen LogP contribution in [0.3, 0.4) is 0 Å². The molecule has 2 rings (SSSR count). The first-order chi connectivity index (χ1) is 7.22. The fourth-order valence-electron chi connectivity index (χ4n) is 1.16. The van der Waals surface area contributed by atoms with E-state index >= 15 is 0 Å². The molecule has 1 aromatic carbocycles. The minimum atomic E-state index is 0.602. The van der Waals surface area contributed by atoms with Crippen molar-refractivity contribution in [2.75, 3.05) is 6.26 Å². The second-order valence-corrected chi connectivity index (χ2v) is 5.41. The van der Waals surface area contributed by atoms with Crippen molar-refractivity contribution in [3.05, 3.63) is 28.2 Å². The molecule has 0 bridgehead atoms. The van der Waals surface area contributed by atoms with Crippen LogP contribution in [-0.4, -0.2) is 15.8 Å². The maximum atomic E-state index is 6.09. The molecule has 78 valence electrons.